The minimum absolute atomic E-state index is 0.167. The van der Waals surface area contributed by atoms with E-state index in [2.05, 4.69) is 49.5 Å². The second-order valence-electron chi connectivity index (χ2n) is 9.93. The summed E-state index contributed by atoms with van der Waals surface area (Å²) < 4.78 is 0. The van der Waals surface area contributed by atoms with Crippen LogP contribution in [0.4, 0.5) is 5.69 Å². The Bertz CT molecular complexity index is 852. The van der Waals surface area contributed by atoms with Gasteiger partial charge in [-0.15, -0.1) is 0 Å². The average Bonchev–Trinajstić information content (AvgIpc) is 2.70. The predicted molar refractivity (Wildman–Crippen MR) is 134 cm³/mol. The quantitative estimate of drug-likeness (QED) is 0.548. The van der Waals surface area contributed by atoms with E-state index in [0.29, 0.717) is 11.3 Å². The van der Waals surface area contributed by atoms with Crippen LogP contribution in [0.5, 0.6) is 5.75 Å². The van der Waals surface area contributed by atoms with Gasteiger partial charge < -0.3 is 20.2 Å². The third kappa shape index (κ3) is 9.38. The number of aliphatic hydroxyl groups excluding tert-OH is 1. The molecule has 7 nitrogen and oxygen atoms in total. The Morgan fingerprint density at radius 3 is 2.09 bits per heavy atom. The highest BCUT2D eigenvalue weighted by atomic mass is 16.3. The number of aryl methyl sites for hydroxylation is 1. The van der Waals surface area contributed by atoms with Crippen molar-refractivity contribution in [3.05, 3.63) is 35.8 Å². The summed E-state index contributed by atoms with van der Waals surface area (Å²) in [6.07, 6.45) is 6.70. The van der Waals surface area contributed by atoms with Gasteiger partial charge in [0.2, 0.25) is 0 Å². The van der Waals surface area contributed by atoms with Crippen molar-refractivity contribution < 1.29 is 20.1 Å². The van der Waals surface area contributed by atoms with Gasteiger partial charge in [0.05, 0.1) is 17.6 Å². The average molecular weight is 460 g/mol. The molecule has 1 fully saturated rings. The zero-order valence-corrected chi connectivity index (χ0v) is 21.2. The zero-order valence-electron chi connectivity index (χ0n) is 21.2. The number of hydrogen-bond donors (Lipinski definition) is 3. The number of anilines is 1. The van der Waals surface area contributed by atoms with Gasteiger partial charge in [-0.1, -0.05) is 27.7 Å². The first-order valence-corrected chi connectivity index (χ1v) is 11.6. The molecule has 0 amide bonds. The Morgan fingerprint density at radius 2 is 1.64 bits per heavy atom. The van der Waals surface area contributed by atoms with Gasteiger partial charge in [0.15, 0.2) is 0 Å². The first-order chi connectivity index (χ1) is 15.4. The molecule has 3 N–H and O–H groups in total. The fourth-order valence-electron chi connectivity index (χ4n) is 3.72. The maximum Gasteiger partial charge on any atom is 0.290 e. The summed E-state index contributed by atoms with van der Waals surface area (Å²) in [5, 5.41) is 24.6. The van der Waals surface area contributed by atoms with E-state index in [9.17, 15) is 5.11 Å². The number of piperidine rings is 1. The van der Waals surface area contributed by atoms with Crippen molar-refractivity contribution >= 4 is 12.2 Å². The lowest BCUT2D eigenvalue weighted by Gasteiger charge is -2.40. The zero-order chi connectivity index (χ0) is 25.2. The molecule has 0 aliphatic carbocycles. The molecular formula is C26H41N3O4. The number of aromatic hydroxyl groups is 1. The highest BCUT2D eigenvalue weighted by Crippen LogP contribution is 2.39. The summed E-state index contributed by atoms with van der Waals surface area (Å²) in [6.45, 7) is 16.7. The molecule has 0 bridgehead atoms. The molecule has 2 aromatic rings. The summed E-state index contributed by atoms with van der Waals surface area (Å²) in [7, 11) is 0. The Balaban J connectivity index is 0.000000688. The van der Waals surface area contributed by atoms with E-state index in [4.69, 9.17) is 15.0 Å². The van der Waals surface area contributed by atoms with E-state index in [0.717, 1.165) is 36.5 Å². The lowest BCUT2D eigenvalue weighted by atomic mass is 9.82. The molecule has 33 heavy (non-hydrogen) atoms. The second-order valence-corrected chi connectivity index (χ2v) is 9.93. The van der Waals surface area contributed by atoms with E-state index in [1.807, 2.05) is 12.3 Å². The normalized spacial score (nSPS) is 14.8. The molecule has 1 saturated heterocycles. The Kier molecular flexibility index (Phi) is 11.3. The van der Waals surface area contributed by atoms with Crippen molar-refractivity contribution in [1.29, 1.82) is 0 Å². The molecule has 2 aromatic heterocycles. The third-order valence-corrected chi connectivity index (χ3v) is 5.43. The van der Waals surface area contributed by atoms with Gasteiger partial charge in [-0.3, -0.25) is 14.8 Å². The van der Waals surface area contributed by atoms with Gasteiger partial charge in [0.1, 0.15) is 5.75 Å². The van der Waals surface area contributed by atoms with Gasteiger partial charge in [0, 0.05) is 36.6 Å². The van der Waals surface area contributed by atoms with Crippen LogP contribution < -0.4 is 4.90 Å². The van der Waals surface area contributed by atoms with Crippen LogP contribution in [0.25, 0.3) is 11.3 Å². The number of carbonyl (C=O) groups is 1. The molecule has 3 heterocycles. The number of hydrogen-bond acceptors (Lipinski definition) is 6. The molecular weight excluding hydrogens is 418 g/mol. The van der Waals surface area contributed by atoms with Crippen LogP contribution in [0, 0.1) is 18.3 Å². The van der Waals surface area contributed by atoms with E-state index in [1.165, 1.54) is 30.3 Å². The molecule has 7 heteroatoms. The molecule has 0 spiro atoms. The highest BCUT2D eigenvalue weighted by Gasteiger charge is 2.29. The number of rotatable bonds is 4. The molecule has 0 radical (unpaired) electrons. The minimum atomic E-state index is -0.250. The van der Waals surface area contributed by atoms with Crippen molar-refractivity contribution in [1.82, 2.24) is 9.97 Å². The summed E-state index contributed by atoms with van der Waals surface area (Å²) in [4.78, 5) is 20.0. The molecule has 184 valence electrons. The monoisotopic (exact) mass is 459 g/mol. The topological polar surface area (TPSA) is 107 Å². The molecule has 0 aromatic carbocycles. The number of aliphatic hydroxyl groups is 1. The fraction of sp³-hybridized carbons (Fsp3) is 0.577. The number of nitrogens with zero attached hydrogens (tertiary/aromatic N) is 3. The predicted octanol–water partition coefficient (Wildman–Crippen LogP) is 5.07. The van der Waals surface area contributed by atoms with Gasteiger partial charge in [-0.25, -0.2) is 0 Å². The summed E-state index contributed by atoms with van der Waals surface area (Å²) in [5.74, 6) is 0.760. The maximum absolute atomic E-state index is 9.61. The molecule has 3 rings (SSSR count). The van der Waals surface area contributed by atoms with Crippen LogP contribution in [0.15, 0.2) is 24.5 Å². The summed E-state index contributed by atoms with van der Waals surface area (Å²) >= 11 is 0. The van der Waals surface area contributed by atoms with Crippen LogP contribution in [0.3, 0.4) is 0 Å². The SMILES string of the molecule is CC(C)O.Cc1ncc(-c2ccc(O)cn2)c(N2CCC(C)(C)CC2)c1CC(C)C.O=CO. The van der Waals surface area contributed by atoms with E-state index < -0.39 is 0 Å². The number of aromatic nitrogens is 2. The molecule has 0 saturated carbocycles. The van der Waals surface area contributed by atoms with Crippen molar-refractivity contribution in [2.24, 2.45) is 11.3 Å². The Labute approximate surface area is 198 Å². The van der Waals surface area contributed by atoms with E-state index in [1.54, 1.807) is 19.9 Å². The highest BCUT2D eigenvalue weighted by molar-refractivity contribution is 5.79. The fourth-order valence-corrected chi connectivity index (χ4v) is 3.72. The third-order valence-electron chi connectivity index (χ3n) is 5.43. The van der Waals surface area contributed by atoms with Crippen LogP contribution in [0.1, 0.15) is 65.6 Å². The Morgan fingerprint density at radius 1 is 1.09 bits per heavy atom. The minimum Gasteiger partial charge on any atom is -0.506 e. The molecule has 1 aliphatic heterocycles. The lowest BCUT2D eigenvalue weighted by Crippen LogP contribution is -2.38. The van der Waals surface area contributed by atoms with E-state index >= 15 is 0 Å². The molecule has 1 aliphatic rings. The van der Waals surface area contributed by atoms with E-state index in [-0.39, 0.29) is 18.3 Å². The van der Waals surface area contributed by atoms with Gasteiger partial charge in [0.25, 0.3) is 6.47 Å². The first-order valence-electron chi connectivity index (χ1n) is 11.6. The van der Waals surface area contributed by atoms with Gasteiger partial charge in [-0.2, -0.15) is 0 Å². The van der Waals surface area contributed by atoms with Crippen molar-refractivity contribution in [2.45, 2.75) is 73.8 Å². The second kappa shape index (κ2) is 13.1. The van der Waals surface area contributed by atoms with Crippen LogP contribution in [-0.4, -0.2) is 51.0 Å². The standard InChI is InChI=1S/C22H31N3O.C3H8O.CH2O2/c1-15(2)12-18-16(3)23-14-19(20-7-6-17(26)13-24-20)21(18)25-10-8-22(4,5)9-11-25;1-3(2)4;2-1-3/h6-7,13-15,26H,8-12H2,1-5H3;3-4H,1-2H3;1H,(H,2,3). The van der Waals surface area contributed by atoms with Gasteiger partial charge >= 0.3 is 0 Å². The summed E-state index contributed by atoms with van der Waals surface area (Å²) in [6, 6.07) is 3.59. The Hall–Kier alpha value is -2.67. The maximum atomic E-state index is 9.61. The lowest BCUT2D eigenvalue weighted by molar-refractivity contribution is -0.122. The van der Waals surface area contributed by atoms with Gasteiger partial charge in [-0.05, 0) is 69.1 Å². The first kappa shape index (κ1) is 28.4. The number of carboxylic acid groups (broad SMARTS) is 1. The smallest absolute Gasteiger partial charge is 0.290 e. The molecule has 0 atom stereocenters. The van der Waals surface area contributed by atoms with Crippen molar-refractivity contribution in [3.8, 4) is 17.0 Å². The van der Waals surface area contributed by atoms with Crippen molar-refractivity contribution in [3.63, 3.8) is 0 Å². The van der Waals surface area contributed by atoms with Crippen molar-refractivity contribution in [2.75, 3.05) is 18.0 Å². The number of pyridine rings is 2. The largest absolute Gasteiger partial charge is 0.506 e. The summed E-state index contributed by atoms with van der Waals surface area (Å²) in [5.41, 5.74) is 6.10. The van der Waals surface area contributed by atoms with Crippen LogP contribution in [-0.2, 0) is 11.2 Å². The van der Waals surface area contributed by atoms with Crippen LogP contribution >= 0.6 is 0 Å². The van der Waals surface area contributed by atoms with Crippen LogP contribution in [0.2, 0.25) is 0 Å². The molecule has 0 unspecified atom stereocenters.